The number of hydrogen-bond acceptors (Lipinski definition) is 3. The molecule has 128 valence electrons. The lowest BCUT2D eigenvalue weighted by atomic mass is 10.2. The van der Waals surface area contributed by atoms with Gasteiger partial charge in [-0.05, 0) is 37.8 Å². The van der Waals surface area contributed by atoms with Crippen LogP contribution in [-0.4, -0.2) is 38.8 Å². The first-order valence-corrected chi connectivity index (χ1v) is 8.44. The molecule has 0 spiro atoms. The smallest absolute Gasteiger partial charge is 0.191 e. The maximum absolute atomic E-state index is 5.94. The van der Waals surface area contributed by atoms with Gasteiger partial charge in [-0.25, -0.2) is 0 Å². The van der Waals surface area contributed by atoms with Crippen LogP contribution >= 0.6 is 0 Å². The predicted molar refractivity (Wildman–Crippen MR) is 94.4 cm³/mol. The third-order valence-corrected chi connectivity index (χ3v) is 4.08. The van der Waals surface area contributed by atoms with E-state index in [9.17, 15) is 0 Å². The fourth-order valence-corrected chi connectivity index (χ4v) is 2.70. The Kier molecular flexibility index (Phi) is 6.56. The molecule has 3 atom stereocenters. The van der Waals surface area contributed by atoms with Gasteiger partial charge in [0.2, 0.25) is 0 Å². The lowest BCUT2D eigenvalue weighted by Crippen LogP contribution is -2.43. The molecule has 3 unspecified atom stereocenters. The van der Waals surface area contributed by atoms with E-state index in [0.717, 1.165) is 23.4 Å². The van der Waals surface area contributed by atoms with Crippen LogP contribution in [0.15, 0.2) is 29.3 Å². The van der Waals surface area contributed by atoms with Gasteiger partial charge in [-0.15, -0.1) is 0 Å². The molecule has 0 saturated heterocycles. The molecule has 5 heteroatoms. The SMILES string of the molecule is CCCC1CC1NC(=NC)NCC(C)Oc1ccccc1OC. The maximum atomic E-state index is 5.94. The summed E-state index contributed by atoms with van der Waals surface area (Å²) in [6.07, 6.45) is 3.80. The lowest BCUT2D eigenvalue weighted by molar-refractivity contribution is 0.213. The number of aliphatic imine (C=N–C) groups is 1. The summed E-state index contributed by atoms with van der Waals surface area (Å²) in [6, 6.07) is 8.27. The van der Waals surface area contributed by atoms with Gasteiger partial charge in [0.15, 0.2) is 17.5 Å². The van der Waals surface area contributed by atoms with Gasteiger partial charge < -0.3 is 20.1 Å². The number of methoxy groups -OCH3 is 1. The third-order valence-electron chi connectivity index (χ3n) is 4.08. The van der Waals surface area contributed by atoms with Gasteiger partial charge in [0.05, 0.1) is 13.7 Å². The minimum Gasteiger partial charge on any atom is -0.493 e. The van der Waals surface area contributed by atoms with Crippen molar-refractivity contribution in [3.63, 3.8) is 0 Å². The van der Waals surface area contributed by atoms with Gasteiger partial charge in [0, 0.05) is 13.1 Å². The molecule has 0 amide bonds. The maximum Gasteiger partial charge on any atom is 0.191 e. The fourth-order valence-electron chi connectivity index (χ4n) is 2.70. The highest BCUT2D eigenvalue weighted by molar-refractivity contribution is 5.80. The molecule has 1 aromatic carbocycles. The summed E-state index contributed by atoms with van der Waals surface area (Å²) < 4.78 is 11.2. The van der Waals surface area contributed by atoms with E-state index in [1.165, 1.54) is 19.3 Å². The van der Waals surface area contributed by atoms with E-state index in [-0.39, 0.29) is 6.10 Å². The van der Waals surface area contributed by atoms with Crippen molar-refractivity contribution in [2.24, 2.45) is 10.9 Å². The second-order valence-corrected chi connectivity index (χ2v) is 6.07. The Morgan fingerprint density at radius 2 is 2.09 bits per heavy atom. The fraction of sp³-hybridized carbons (Fsp3) is 0.611. The van der Waals surface area contributed by atoms with Crippen LogP contribution in [0.4, 0.5) is 0 Å². The number of benzene rings is 1. The van der Waals surface area contributed by atoms with Gasteiger partial charge in [-0.1, -0.05) is 25.5 Å². The van der Waals surface area contributed by atoms with E-state index in [1.807, 2.05) is 31.2 Å². The Bertz CT molecular complexity index is 519. The first-order valence-electron chi connectivity index (χ1n) is 8.44. The van der Waals surface area contributed by atoms with Crippen LogP contribution in [0.5, 0.6) is 11.5 Å². The molecular weight excluding hydrogens is 290 g/mol. The molecule has 0 aromatic heterocycles. The van der Waals surface area contributed by atoms with E-state index in [1.54, 1.807) is 14.2 Å². The third kappa shape index (κ3) is 5.34. The van der Waals surface area contributed by atoms with Gasteiger partial charge in [-0.2, -0.15) is 0 Å². The summed E-state index contributed by atoms with van der Waals surface area (Å²) in [5.41, 5.74) is 0. The highest BCUT2D eigenvalue weighted by atomic mass is 16.5. The summed E-state index contributed by atoms with van der Waals surface area (Å²) in [5.74, 6) is 3.17. The van der Waals surface area contributed by atoms with Crippen molar-refractivity contribution in [3.05, 3.63) is 24.3 Å². The number of ether oxygens (including phenoxy) is 2. The van der Waals surface area contributed by atoms with Crippen LogP contribution in [0.3, 0.4) is 0 Å². The van der Waals surface area contributed by atoms with Crippen LogP contribution in [0, 0.1) is 5.92 Å². The molecular formula is C18H29N3O2. The molecule has 1 aliphatic carbocycles. The van der Waals surface area contributed by atoms with Gasteiger partial charge in [-0.3, -0.25) is 4.99 Å². The van der Waals surface area contributed by atoms with Crippen molar-refractivity contribution in [2.45, 2.75) is 45.3 Å². The number of para-hydroxylation sites is 2. The predicted octanol–water partition coefficient (Wildman–Crippen LogP) is 2.82. The standard InChI is InChI=1S/C18H29N3O2/c1-5-8-14-11-15(14)21-18(19-3)20-12-13(2)23-17-10-7-6-9-16(17)22-4/h6-7,9-10,13-15H,5,8,11-12H2,1-4H3,(H2,19,20,21). The molecule has 2 N–H and O–H groups in total. The van der Waals surface area contributed by atoms with Crippen molar-refractivity contribution in [1.82, 2.24) is 10.6 Å². The van der Waals surface area contributed by atoms with Crippen LogP contribution in [0.2, 0.25) is 0 Å². The average Bonchev–Trinajstić information content (AvgIpc) is 3.30. The summed E-state index contributed by atoms with van der Waals surface area (Å²) in [5, 5.41) is 6.81. The zero-order valence-electron chi connectivity index (χ0n) is 14.6. The van der Waals surface area contributed by atoms with Crippen molar-refractivity contribution in [3.8, 4) is 11.5 Å². The number of guanidine groups is 1. The first kappa shape index (κ1) is 17.4. The second kappa shape index (κ2) is 8.65. The summed E-state index contributed by atoms with van der Waals surface area (Å²) in [4.78, 5) is 4.29. The second-order valence-electron chi connectivity index (χ2n) is 6.07. The van der Waals surface area contributed by atoms with Crippen LogP contribution < -0.4 is 20.1 Å². The molecule has 1 fully saturated rings. The van der Waals surface area contributed by atoms with E-state index in [4.69, 9.17) is 9.47 Å². The Balaban J connectivity index is 1.75. The largest absolute Gasteiger partial charge is 0.493 e. The Morgan fingerprint density at radius 3 is 2.74 bits per heavy atom. The number of hydrogen-bond donors (Lipinski definition) is 2. The topological polar surface area (TPSA) is 54.9 Å². The quantitative estimate of drug-likeness (QED) is 0.571. The number of rotatable bonds is 8. The van der Waals surface area contributed by atoms with Gasteiger partial charge in [0.1, 0.15) is 6.10 Å². The number of nitrogens with one attached hydrogen (secondary N) is 2. The average molecular weight is 319 g/mol. The molecule has 1 aliphatic rings. The summed E-state index contributed by atoms with van der Waals surface area (Å²) >= 11 is 0. The highest BCUT2D eigenvalue weighted by Gasteiger charge is 2.36. The van der Waals surface area contributed by atoms with E-state index in [0.29, 0.717) is 12.6 Å². The Morgan fingerprint density at radius 1 is 1.35 bits per heavy atom. The van der Waals surface area contributed by atoms with Crippen LogP contribution in [0.25, 0.3) is 0 Å². The number of nitrogens with zero attached hydrogens (tertiary/aromatic N) is 1. The molecule has 0 aliphatic heterocycles. The molecule has 2 rings (SSSR count). The van der Waals surface area contributed by atoms with Crippen molar-refractivity contribution in [1.29, 1.82) is 0 Å². The molecule has 0 radical (unpaired) electrons. The van der Waals surface area contributed by atoms with Crippen LogP contribution in [0.1, 0.15) is 33.1 Å². The van der Waals surface area contributed by atoms with Crippen molar-refractivity contribution < 1.29 is 9.47 Å². The normalized spacial score (nSPS) is 21.5. The van der Waals surface area contributed by atoms with Gasteiger partial charge in [0.25, 0.3) is 0 Å². The Labute approximate surface area is 139 Å². The Hall–Kier alpha value is -1.91. The van der Waals surface area contributed by atoms with E-state index in [2.05, 4.69) is 22.5 Å². The molecule has 1 aromatic rings. The van der Waals surface area contributed by atoms with Crippen molar-refractivity contribution >= 4 is 5.96 Å². The molecule has 1 saturated carbocycles. The zero-order valence-corrected chi connectivity index (χ0v) is 14.6. The van der Waals surface area contributed by atoms with Crippen LogP contribution in [-0.2, 0) is 0 Å². The highest BCUT2D eigenvalue weighted by Crippen LogP contribution is 2.34. The lowest BCUT2D eigenvalue weighted by Gasteiger charge is -2.19. The molecule has 5 nitrogen and oxygen atoms in total. The minimum atomic E-state index is 0.00971. The zero-order chi connectivity index (χ0) is 16.7. The monoisotopic (exact) mass is 319 g/mol. The van der Waals surface area contributed by atoms with Gasteiger partial charge >= 0.3 is 0 Å². The molecule has 0 heterocycles. The molecule has 23 heavy (non-hydrogen) atoms. The minimum absolute atomic E-state index is 0.00971. The van der Waals surface area contributed by atoms with E-state index >= 15 is 0 Å². The van der Waals surface area contributed by atoms with Crippen molar-refractivity contribution in [2.75, 3.05) is 20.7 Å². The first-order chi connectivity index (χ1) is 11.2. The summed E-state index contributed by atoms with van der Waals surface area (Å²) in [7, 11) is 3.46. The van der Waals surface area contributed by atoms with E-state index < -0.39 is 0 Å². The molecule has 0 bridgehead atoms. The summed E-state index contributed by atoms with van der Waals surface area (Å²) in [6.45, 7) is 4.95.